The molecule has 1 aromatic rings. The lowest BCUT2D eigenvalue weighted by Gasteiger charge is -2.17. The van der Waals surface area contributed by atoms with Gasteiger partial charge in [0.05, 0.1) is 17.1 Å². The molecule has 0 aromatic heterocycles. The minimum Gasteiger partial charge on any atom is -0.493 e. The first-order valence-electron chi connectivity index (χ1n) is 6.68. The van der Waals surface area contributed by atoms with E-state index < -0.39 is 16.9 Å². The highest BCUT2D eigenvalue weighted by atomic mass is 16.6. The fourth-order valence-corrected chi connectivity index (χ4v) is 1.92. The first kappa shape index (κ1) is 16.9. The summed E-state index contributed by atoms with van der Waals surface area (Å²) in [6, 6.07) is 3.92. The van der Waals surface area contributed by atoms with Gasteiger partial charge in [-0.25, -0.2) is 0 Å². The number of carboxylic acid groups (broad SMARTS) is 1. The van der Waals surface area contributed by atoms with E-state index in [2.05, 4.69) is 5.32 Å². The molecule has 21 heavy (non-hydrogen) atoms. The van der Waals surface area contributed by atoms with Gasteiger partial charge in [0.15, 0.2) is 0 Å². The Morgan fingerprint density at radius 2 is 2.14 bits per heavy atom. The normalized spacial score (nSPS) is 12.2. The van der Waals surface area contributed by atoms with Crippen molar-refractivity contribution in [3.8, 4) is 5.75 Å². The number of benzene rings is 1. The fourth-order valence-electron chi connectivity index (χ4n) is 1.92. The quantitative estimate of drug-likeness (QED) is 0.563. The molecular weight excluding hydrogens is 276 g/mol. The van der Waals surface area contributed by atoms with Gasteiger partial charge in [0.1, 0.15) is 11.8 Å². The first-order valence-corrected chi connectivity index (χ1v) is 6.68. The van der Waals surface area contributed by atoms with E-state index in [1.807, 2.05) is 13.8 Å². The molecule has 116 valence electrons. The highest BCUT2D eigenvalue weighted by Gasteiger charge is 2.19. The Labute approximate surface area is 123 Å². The third kappa shape index (κ3) is 5.03. The van der Waals surface area contributed by atoms with Crippen LogP contribution in [0.3, 0.4) is 0 Å². The van der Waals surface area contributed by atoms with Gasteiger partial charge in [0.2, 0.25) is 0 Å². The Morgan fingerprint density at radius 1 is 1.48 bits per heavy atom. The van der Waals surface area contributed by atoms with E-state index in [1.54, 1.807) is 19.1 Å². The molecule has 7 nitrogen and oxygen atoms in total. The smallest absolute Gasteiger partial charge is 0.320 e. The van der Waals surface area contributed by atoms with Crippen LogP contribution >= 0.6 is 0 Å². The van der Waals surface area contributed by atoms with Crippen LogP contribution in [0.5, 0.6) is 5.75 Å². The molecule has 7 heteroatoms. The van der Waals surface area contributed by atoms with Crippen LogP contribution in [0.4, 0.5) is 5.69 Å². The van der Waals surface area contributed by atoms with Crippen LogP contribution in [0, 0.1) is 17.0 Å². The van der Waals surface area contributed by atoms with Crippen molar-refractivity contribution in [2.75, 3.05) is 6.61 Å². The van der Waals surface area contributed by atoms with Crippen LogP contribution in [-0.4, -0.2) is 34.7 Å². The molecule has 0 spiro atoms. The number of rotatable bonds is 8. The number of carboxylic acids is 1. The summed E-state index contributed by atoms with van der Waals surface area (Å²) < 4.78 is 5.48. The lowest BCUT2D eigenvalue weighted by Crippen LogP contribution is -2.41. The largest absolute Gasteiger partial charge is 0.493 e. The molecule has 0 saturated carbocycles. The summed E-state index contributed by atoms with van der Waals surface area (Å²) in [5.74, 6) is -0.541. The van der Waals surface area contributed by atoms with Crippen LogP contribution in [0.1, 0.15) is 25.8 Å². The monoisotopic (exact) mass is 296 g/mol. The third-order valence-corrected chi connectivity index (χ3v) is 2.95. The number of hydrogen-bond donors (Lipinski definition) is 2. The minimum atomic E-state index is -0.942. The van der Waals surface area contributed by atoms with E-state index in [1.165, 1.54) is 6.07 Å². The van der Waals surface area contributed by atoms with Gasteiger partial charge in [-0.05, 0) is 13.0 Å². The number of aliphatic carboxylic acids is 1. The number of nitrogens with zero attached hydrogens (tertiary/aromatic N) is 1. The lowest BCUT2D eigenvalue weighted by molar-refractivity contribution is -0.385. The van der Waals surface area contributed by atoms with Gasteiger partial charge >= 0.3 is 5.97 Å². The third-order valence-electron chi connectivity index (χ3n) is 2.95. The number of nitro groups is 1. The summed E-state index contributed by atoms with van der Waals surface area (Å²) in [6.45, 7) is 5.50. The second-order valence-corrected chi connectivity index (χ2v) is 5.01. The molecule has 0 amide bonds. The van der Waals surface area contributed by atoms with E-state index >= 15 is 0 Å². The van der Waals surface area contributed by atoms with Crippen LogP contribution in [-0.2, 0) is 4.79 Å². The zero-order valence-corrected chi connectivity index (χ0v) is 12.3. The van der Waals surface area contributed by atoms with Crippen molar-refractivity contribution in [3.05, 3.63) is 33.9 Å². The van der Waals surface area contributed by atoms with Gasteiger partial charge in [-0.15, -0.1) is 0 Å². The molecule has 0 saturated heterocycles. The van der Waals surface area contributed by atoms with Gasteiger partial charge in [-0.1, -0.05) is 19.9 Å². The van der Waals surface area contributed by atoms with Gasteiger partial charge in [0, 0.05) is 18.5 Å². The SMILES string of the molecule is Cc1c(OCCC(NC(C)C)C(=O)O)cccc1[N+](=O)[O-]. The molecule has 1 unspecified atom stereocenters. The maximum absolute atomic E-state index is 11.1. The Balaban J connectivity index is 2.65. The van der Waals surface area contributed by atoms with E-state index in [0.29, 0.717) is 11.3 Å². The molecule has 0 heterocycles. The van der Waals surface area contributed by atoms with Gasteiger partial charge in [0.25, 0.3) is 5.69 Å². The lowest BCUT2D eigenvalue weighted by atomic mass is 10.1. The maximum Gasteiger partial charge on any atom is 0.320 e. The number of ether oxygens (including phenoxy) is 1. The van der Waals surface area contributed by atoms with E-state index in [9.17, 15) is 14.9 Å². The highest BCUT2D eigenvalue weighted by Crippen LogP contribution is 2.27. The Morgan fingerprint density at radius 3 is 2.67 bits per heavy atom. The Bertz CT molecular complexity index is 516. The average molecular weight is 296 g/mol. The molecule has 0 bridgehead atoms. The fraction of sp³-hybridized carbons (Fsp3) is 0.500. The van der Waals surface area contributed by atoms with Crippen molar-refractivity contribution >= 4 is 11.7 Å². The van der Waals surface area contributed by atoms with E-state index in [0.717, 1.165) is 0 Å². The van der Waals surface area contributed by atoms with Crippen molar-refractivity contribution in [2.45, 2.75) is 39.3 Å². The summed E-state index contributed by atoms with van der Waals surface area (Å²) in [5, 5.41) is 22.8. The first-order chi connectivity index (χ1) is 9.82. The Kier molecular flexibility index (Phi) is 6.10. The standard InChI is InChI=1S/C14H20N2O5/c1-9(2)15-11(14(17)18)7-8-21-13-6-4-5-12(10(13)3)16(19)20/h4-6,9,11,15H,7-8H2,1-3H3,(H,17,18). The minimum absolute atomic E-state index is 0.0115. The van der Waals surface area contributed by atoms with Crippen molar-refractivity contribution in [2.24, 2.45) is 0 Å². The average Bonchev–Trinajstić information content (AvgIpc) is 2.38. The second kappa shape index (κ2) is 7.58. The number of nitro benzene ring substituents is 1. The van der Waals surface area contributed by atoms with Crippen LogP contribution in [0.25, 0.3) is 0 Å². The summed E-state index contributed by atoms with van der Waals surface area (Å²) in [4.78, 5) is 21.4. The molecule has 0 aliphatic heterocycles. The van der Waals surface area contributed by atoms with Gasteiger partial charge < -0.3 is 15.2 Å². The second-order valence-electron chi connectivity index (χ2n) is 5.01. The highest BCUT2D eigenvalue weighted by molar-refractivity contribution is 5.73. The number of hydrogen-bond acceptors (Lipinski definition) is 5. The molecule has 0 aliphatic carbocycles. The van der Waals surface area contributed by atoms with Crippen LogP contribution in [0.15, 0.2) is 18.2 Å². The maximum atomic E-state index is 11.1. The zero-order chi connectivity index (χ0) is 16.0. The van der Waals surface area contributed by atoms with Gasteiger partial charge in [-0.2, -0.15) is 0 Å². The number of nitrogens with one attached hydrogen (secondary N) is 1. The zero-order valence-electron chi connectivity index (χ0n) is 12.3. The summed E-state index contributed by atoms with van der Waals surface area (Å²) >= 11 is 0. The summed E-state index contributed by atoms with van der Waals surface area (Å²) in [6.07, 6.45) is 0.273. The molecule has 1 atom stereocenters. The van der Waals surface area contributed by atoms with E-state index in [4.69, 9.17) is 9.84 Å². The molecule has 1 aromatic carbocycles. The van der Waals surface area contributed by atoms with Gasteiger partial charge in [-0.3, -0.25) is 14.9 Å². The summed E-state index contributed by atoms with van der Waals surface area (Å²) in [5.41, 5.74) is 0.425. The number of carbonyl (C=O) groups is 1. The predicted octanol–water partition coefficient (Wildman–Crippen LogP) is 2.12. The van der Waals surface area contributed by atoms with Crippen molar-refractivity contribution < 1.29 is 19.6 Å². The van der Waals surface area contributed by atoms with Crippen molar-refractivity contribution in [3.63, 3.8) is 0 Å². The summed E-state index contributed by atoms with van der Waals surface area (Å²) in [7, 11) is 0. The predicted molar refractivity (Wildman–Crippen MR) is 77.6 cm³/mol. The molecular formula is C14H20N2O5. The Hall–Kier alpha value is -2.15. The molecule has 0 aliphatic rings. The van der Waals surface area contributed by atoms with Crippen molar-refractivity contribution in [1.82, 2.24) is 5.32 Å². The van der Waals surface area contributed by atoms with E-state index in [-0.39, 0.29) is 24.8 Å². The van der Waals surface area contributed by atoms with Crippen molar-refractivity contribution in [1.29, 1.82) is 0 Å². The molecule has 0 fully saturated rings. The van der Waals surface area contributed by atoms with Crippen LogP contribution < -0.4 is 10.1 Å². The molecule has 2 N–H and O–H groups in total. The molecule has 1 rings (SSSR count). The topological polar surface area (TPSA) is 102 Å². The molecule has 0 radical (unpaired) electrons. The van der Waals surface area contributed by atoms with Crippen LogP contribution in [0.2, 0.25) is 0 Å².